The van der Waals surface area contributed by atoms with Crippen LogP contribution in [-0.2, 0) is 0 Å². The Kier molecular flexibility index (Phi) is 3.15. The predicted molar refractivity (Wildman–Crippen MR) is 67.6 cm³/mol. The second-order valence-corrected chi connectivity index (χ2v) is 5.57. The average molecular weight is 233 g/mol. The van der Waals surface area contributed by atoms with Crippen molar-refractivity contribution >= 4 is 0 Å². The van der Waals surface area contributed by atoms with Crippen molar-refractivity contribution in [1.82, 2.24) is 5.32 Å². The van der Waals surface area contributed by atoms with Crippen molar-refractivity contribution in [2.75, 3.05) is 0 Å². The lowest BCUT2D eigenvalue weighted by molar-refractivity contribution is 0.264. The third-order valence-electron chi connectivity index (χ3n) is 4.28. The van der Waals surface area contributed by atoms with E-state index in [1.165, 1.54) is 50.2 Å². The summed E-state index contributed by atoms with van der Waals surface area (Å²) >= 11 is 0. The molecule has 3 rings (SSSR count). The van der Waals surface area contributed by atoms with Crippen LogP contribution >= 0.6 is 0 Å². The van der Waals surface area contributed by atoms with Crippen molar-refractivity contribution in [3.05, 3.63) is 35.6 Å². The van der Waals surface area contributed by atoms with Crippen LogP contribution in [-0.4, -0.2) is 12.1 Å². The van der Waals surface area contributed by atoms with Gasteiger partial charge < -0.3 is 5.32 Å². The molecule has 0 aliphatic heterocycles. The molecule has 2 saturated carbocycles. The predicted octanol–water partition coefficient (Wildman–Crippen LogP) is 3.60. The molecule has 0 saturated heterocycles. The summed E-state index contributed by atoms with van der Waals surface area (Å²) < 4.78 is 13.1. The smallest absolute Gasteiger partial charge is 0.123 e. The molecule has 0 bridgehead atoms. The number of hydrogen-bond donors (Lipinski definition) is 1. The Hall–Kier alpha value is -0.890. The van der Waals surface area contributed by atoms with Crippen LogP contribution in [0.3, 0.4) is 0 Å². The molecule has 2 aliphatic carbocycles. The molecule has 1 aromatic carbocycles. The van der Waals surface area contributed by atoms with Crippen molar-refractivity contribution in [1.29, 1.82) is 0 Å². The van der Waals surface area contributed by atoms with Crippen LogP contribution in [0, 0.1) is 5.82 Å². The fourth-order valence-electron chi connectivity index (χ4n) is 3.21. The van der Waals surface area contributed by atoms with Gasteiger partial charge >= 0.3 is 0 Å². The van der Waals surface area contributed by atoms with Gasteiger partial charge in [0.05, 0.1) is 0 Å². The lowest BCUT2D eigenvalue weighted by Gasteiger charge is -2.38. The van der Waals surface area contributed by atoms with E-state index in [1.54, 1.807) is 6.07 Å². The molecule has 0 atom stereocenters. The minimum Gasteiger partial charge on any atom is -0.311 e. The molecule has 2 fully saturated rings. The van der Waals surface area contributed by atoms with Gasteiger partial charge in [0, 0.05) is 12.1 Å². The summed E-state index contributed by atoms with van der Waals surface area (Å²) in [4.78, 5) is 0. The molecule has 1 nitrogen and oxygen atoms in total. The highest BCUT2D eigenvalue weighted by atomic mass is 19.1. The Morgan fingerprint density at radius 1 is 1.06 bits per heavy atom. The molecule has 1 N–H and O–H groups in total. The van der Waals surface area contributed by atoms with Gasteiger partial charge in [0.1, 0.15) is 5.82 Å². The third kappa shape index (κ3) is 2.52. The second-order valence-electron chi connectivity index (χ2n) is 5.57. The number of benzene rings is 1. The van der Waals surface area contributed by atoms with E-state index in [2.05, 4.69) is 11.4 Å². The lowest BCUT2D eigenvalue weighted by atomic mass is 9.75. The first-order valence-electron chi connectivity index (χ1n) is 6.83. The Morgan fingerprint density at radius 3 is 2.53 bits per heavy atom. The topological polar surface area (TPSA) is 12.0 Å². The molecule has 0 heterocycles. The van der Waals surface area contributed by atoms with Crippen LogP contribution in [0.5, 0.6) is 0 Å². The Bertz CT molecular complexity index is 378. The zero-order chi connectivity index (χ0) is 11.7. The zero-order valence-corrected chi connectivity index (χ0v) is 10.2. The average Bonchev–Trinajstić information content (AvgIpc) is 2.75. The van der Waals surface area contributed by atoms with Gasteiger partial charge in [-0.05, 0) is 49.3 Å². The summed E-state index contributed by atoms with van der Waals surface area (Å²) in [5.41, 5.74) is 1.18. The van der Waals surface area contributed by atoms with Crippen molar-refractivity contribution in [3.63, 3.8) is 0 Å². The number of hydrogen-bond acceptors (Lipinski definition) is 1. The highest BCUT2D eigenvalue weighted by Gasteiger charge is 2.32. The van der Waals surface area contributed by atoms with E-state index < -0.39 is 0 Å². The summed E-state index contributed by atoms with van der Waals surface area (Å²) in [6, 6.07) is 8.52. The minimum atomic E-state index is -0.102. The van der Waals surface area contributed by atoms with Crippen molar-refractivity contribution in [2.24, 2.45) is 0 Å². The molecule has 92 valence electrons. The summed E-state index contributed by atoms with van der Waals surface area (Å²) in [5.74, 6) is 0.472. The van der Waals surface area contributed by atoms with E-state index in [0.717, 1.165) is 6.04 Å². The fourth-order valence-corrected chi connectivity index (χ4v) is 3.21. The number of halogens is 1. The first kappa shape index (κ1) is 11.2. The van der Waals surface area contributed by atoms with Gasteiger partial charge in [-0.3, -0.25) is 0 Å². The molecule has 0 amide bonds. The maximum absolute atomic E-state index is 13.1. The van der Waals surface area contributed by atoms with Crippen LogP contribution in [0.2, 0.25) is 0 Å². The summed E-state index contributed by atoms with van der Waals surface area (Å²) in [7, 11) is 0. The normalized spacial score (nSPS) is 29.2. The molecule has 0 aromatic heterocycles. The van der Waals surface area contributed by atoms with Gasteiger partial charge in [-0.1, -0.05) is 25.0 Å². The second kappa shape index (κ2) is 4.77. The van der Waals surface area contributed by atoms with Gasteiger partial charge in [-0.15, -0.1) is 0 Å². The molecule has 0 radical (unpaired) electrons. The fraction of sp³-hybridized carbons (Fsp3) is 0.600. The van der Waals surface area contributed by atoms with Crippen molar-refractivity contribution in [3.8, 4) is 0 Å². The SMILES string of the molecule is Fc1cccc(C2CC(NC3CCCC3)C2)c1. The molecule has 1 aromatic rings. The Morgan fingerprint density at radius 2 is 1.82 bits per heavy atom. The maximum Gasteiger partial charge on any atom is 0.123 e. The van der Waals surface area contributed by atoms with Crippen LogP contribution in [0.25, 0.3) is 0 Å². The molecule has 2 heteroatoms. The maximum atomic E-state index is 13.1. The van der Waals surface area contributed by atoms with Crippen LogP contribution in [0.4, 0.5) is 4.39 Å². The molecular formula is C15H20FN. The molecule has 0 spiro atoms. The number of rotatable bonds is 3. The van der Waals surface area contributed by atoms with Gasteiger partial charge in [-0.25, -0.2) is 4.39 Å². The van der Waals surface area contributed by atoms with E-state index in [0.29, 0.717) is 12.0 Å². The van der Waals surface area contributed by atoms with Crippen LogP contribution in [0.1, 0.15) is 50.0 Å². The zero-order valence-electron chi connectivity index (χ0n) is 10.2. The van der Waals surface area contributed by atoms with Gasteiger partial charge in [0.2, 0.25) is 0 Å². The Labute approximate surface area is 102 Å². The van der Waals surface area contributed by atoms with E-state index in [4.69, 9.17) is 0 Å². The van der Waals surface area contributed by atoms with Gasteiger partial charge in [-0.2, -0.15) is 0 Å². The van der Waals surface area contributed by atoms with E-state index in [1.807, 2.05) is 6.07 Å². The molecular weight excluding hydrogens is 213 g/mol. The van der Waals surface area contributed by atoms with Crippen LogP contribution in [0.15, 0.2) is 24.3 Å². The highest BCUT2D eigenvalue weighted by Crippen LogP contribution is 2.38. The van der Waals surface area contributed by atoms with Gasteiger partial charge in [0.15, 0.2) is 0 Å². The monoisotopic (exact) mass is 233 g/mol. The summed E-state index contributed by atoms with van der Waals surface area (Å²) in [6.45, 7) is 0. The third-order valence-corrected chi connectivity index (χ3v) is 4.28. The molecule has 17 heavy (non-hydrogen) atoms. The standard InChI is InChI=1S/C15H20FN/c16-13-5-3-4-11(8-13)12-9-15(10-12)17-14-6-1-2-7-14/h3-5,8,12,14-15,17H,1-2,6-7,9-10H2. The summed E-state index contributed by atoms with van der Waals surface area (Å²) in [6.07, 6.45) is 7.83. The quantitative estimate of drug-likeness (QED) is 0.841. The van der Waals surface area contributed by atoms with Crippen LogP contribution < -0.4 is 5.32 Å². The first-order chi connectivity index (χ1) is 8.31. The van der Waals surface area contributed by atoms with Crippen molar-refractivity contribution in [2.45, 2.75) is 56.5 Å². The summed E-state index contributed by atoms with van der Waals surface area (Å²) in [5, 5.41) is 3.74. The van der Waals surface area contributed by atoms with E-state index in [9.17, 15) is 4.39 Å². The lowest BCUT2D eigenvalue weighted by Crippen LogP contribution is -2.44. The first-order valence-corrected chi connectivity index (χ1v) is 6.83. The minimum absolute atomic E-state index is 0.102. The van der Waals surface area contributed by atoms with Gasteiger partial charge in [0.25, 0.3) is 0 Å². The highest BCUT2D eigenvalue weighted by molar-refractivity contribution is 5.23. The number of nitrogens with one attached hydrogen (secondary N) is 1. The Balaban J connectivity index is 1.50. The molecule has 2 aliphatic rings. The van der Waals surface area contributed by atoms with Crippen molar-refractivity contribution < 1.29 is 4.39 Å². The van der Waals surface area contributed by atoms with E-state index >= 15 is 0 Å². The van der Waals surface area contributed by atoms with E-state index in [-0.39, 0.29) is 5.82 Å². The largest absolute Gasteiger partial charge is 0.311 e. The molecule has 0 unspecified atom stereocenters.